The van der Waals surface area contributed by atoms with Gasteiger partial charge in [-0.05, 0) is 36.8 Å². The lowest BCUT2D eigenvalue weighted by Crippen LogP contribution is -2.47. The maximum absolute atomic E-state index is 12.2. The highest BCUT2D eigenvalue weighted by Crippen LogP contribution is 2.21. The Bertz CT molecular complexity index is 420. The van der Waals surface area contributed by atoms with Crippen LogP contribution in [0.25, 0.3) is 0 Å². The predicted octanol–water partition coefficient (Wildman–Crippen LogP) is 3.50. The molecule has 1 aromatic heterocycles. The molecule has 3 nitrogen and oxygen atoms in total. The first-order valence-corrected chi connectivity index (χ1v) is 8.00. The van der Waals surface area contributed by atoms with Crippen LogP contribution in [0.15, 0.2) is 12.1 Å². The molecule has 2 amide bonds. The quantitative estimate of drug-likeness (QED) is 0.903. The summed E-state index contributed by atoms with van der Waals surface area (Å²) in [6.07, 6.45) is 2.30. The third-order valence-corrected chi connectivity index (χ3v) is 4.87. The minimum Gasteiger partial charge on any atom is -0.333 e. The summed E-state index contributed by atoms with van der Waals surface area (Å²) in [6, 6.07) is 4.35. The maximum atomic E-state index is 12.2. The third kappa shape index (κ3) is 3.96. The number of nitrogens with one attached hydrogen (secondary N) is 1. The number of amides is 2. The average molecular weight is 280 g/mol. The summed E-state index contributed by atoms with van der Waals surface area (Å²) in [5.74, 6) is 1.23. The number of hydrogen-bond acceptors (Lipinski definition) is 2. The second kappa shape index (κ2) is 6.42. The van der Waals surface area contributed by atoms with Crippen LogP contribution in [0, 0.1) is 11.8 Å². The van der Waals surface area contributed by atoms with Gasteiger partial charge in [0.15, 0.2) is 0 Å². The zero-order valence-corrected chi connectivity index (χ0v) is 12.9. The van der Waals surface area contributed by atoms with E-state index in [2.05, 4.69) is 38.2 Å². The van der Waals surface area contributed by atoms with Gasteiger partial charge in [0.2, 0.25) is 0 Å². The smallest absolute Gasteiger partial charge is 0.317 e. The number of thiophene rings is 1. The van der Waals surface area contributed by atoms with Gasteiger partial charge in [-0.2, -0.15) is 0 Å². The van der Waals surface area contributed by atoms with Crippen LogP contribution in [-0.2, 0) is 13.0 Å². The topological polar surface area (TPSA) is 32.3 Å². The van der Waals surface area contributed by atoms with Crippen molar-refractivity contribution in [2.45, 2.75) is 40.2 Å². The minimum absolute atomic E-state index is 0.0878. The zero-order chi connectivity index (χ0) is 13.8. The number of piperidine rings is 1. The zero-order valence-electron chi connectivity index (χ0n) is 12.1. The number of carbonyl (C=O) groups excluding carboxylic acids is 1. The summed E-state index contributed by atoms with van der Waals surface area (Å²) in [4.78, 5) is 16.7. The van der Waals surface area contributed by atoms with Gasteiger partial charge < -0.3 is 10.2 Å². The number of likely N-dealkylation sites (tertiary alicyclic amines) is 1. The fraction of sp³-hybridized carbons (Fsp3) is 0.667. The van der Waals surface area contributed by atoms with Gasteiger partial charge in [-0.25, -0.2) is 4.79 Å². The lowest BCUT2D eigenvalue weighted by Gasteiger charge is -2.34. The molecule has 19 heavy (non-hydrogen) atoms. The van der Waals surface area contributed by atoms with Crippen LogP contribution < -0.4 is 5.32 Å². The van der Waals surface area contributed by atoms with Crippen molar-refractivity contribution in [1.29, 1.82) is 0 Å². The van der Waals surface area contributed by atoms with Crippen molar-refractivity contribution < 1.29 is 4.79 Å². The molecule has 1 aliphatic heterocycles. The fourth-order valence-corrected chi connectivity index (χ4v) is 3.71. The highest BCUT2D eigenvalue weighted by Gasteiger charge is 2.25. The molecule has 106 valence electrons. The molecule has 1 aromatic rings. The average Bonchev–Trinajstić information content (AvgIpc) is 2.82. The highest BCUT2D eigenvalue weighted by atomic mass is 32.1. The number of aryl methyl sites for hydroxylation is 1. The van der Waals surface area contributed by atoms with Gasteiger partial charge in [-0.1, -0.05) is 20.8 Å². The molecular weight excluding hydrogens is 256 g/mol. The molecule has 0 aromatic carbocycles. The molecule has 0 bridgehead atoms. The predicted molar refractivity (Wildman–Crippen MR) is 80.5 cm³/mol. The van der Waals surface area contributed by atoms with Crippen LogP contribution in [0.3, 0.4) is 0 Å². The monoisotopic (exact) mass is 280 g/mol. The van der Waals surface area contributed by atoms with Crippen molar-refractivity contribution in [3.8, 4) is 0 Å². The summed E-state index contributed by atoms with van der Waals surface area (Å²) in [5.41, 5.74) is 0. The van der Waals surface area contributed by atoms with Crippen LogP contribution >= 0.6 is 11.3 Å². The first-order chi connectivity index (χ1) is 9.08. The van der Waals surface area contributed by atoms with Gasteiger partial charge in [0, 0.05) is 22.8 Å². The number of carbonyl (C=O) groups is 1. The van der Waals surface area contributed by atoms with Crippen molar-refractivity contribution in [3.63, 3.8) is 0 Å². The van der Waals surface area contributed by atoms with Gasteiger partial charge in [0.25, 0.3) is 0 Å². The van der Waals surface area contributed by atoms with E-state index < -0.39 is 0 Å². The molecule has 1 aliphatic rings. The van der Waals surface area contributed by atoms with Crippen molar-refractivity contribution in [1.82, 2.24) is 10.2 Å². The van der Waals surface area contributed by atoms with Crippen molar-refractivity contribution in [2.75, 3.05) is 13.1 Å². The van der Waals surface area contributed by atoms with E-state index in [0.29, 0.717) is 18.4 Å². The summed E-state index contributed by atoms with van der Waals surface area (Å²) >= 11 is 1.79. The van der Waals surface area contributed by atoms with Crippen molar-refractivity contribution >= 4 is 17.4 Å². The molecule has 2 heterocycles. The Labute approximate surface area is 120 Å². The Hall–Kier alpha value is -1.03. The molecule has 0 aliphatic carbocycles. The van der Waals surface area contributed by atoms with Crippen LogP contribution in [0.5, 0.6) is 0 Å². The largest absolute Gasteiger partial charge is 0.333 e. The van der Waals surface area contributed by atoms with E-state index in [4.69, 9.17) is 0 Å². The standard InChI is InChI=1S/C15H24N2OS/c1-4-13-5-6-14(19-13)8-16-15(18)17-9-11(2)7-12(3)10-17/h5-6,11-12H,4,7-10H2,1-3H3,(H,16,18). The molecule has 1 N–H and O–H groups in total. The summed E-state index contributed by atoms with van der Waals surface area (Å²) in [7, 11) is 0. The number of rotatable bonds is 3. The first kappa shape index (κ1) is 14.4. The number of nitrogens with zero attached hydrogens (tertiary/aromatic N) is 1. The Morgan fingerprint density at radius 3 is 2.53 bits per heavy atom. The van der Waals surface area contributed by atoms with Gasteiger partial charge in [0.1, 0.15) is 0 Å². The van der Waals surface area contributed by atoms with E-state index in [1.54, 1.807) is 11.3 Å². The Morgan fingerprint density at radius 1 is 1.32 bits per heavy atom. The number of hydrogen-bond donors (Lipinski definition) is 1. The van der Waals surface area contributed by atoms with Gasteiger partial charge in [-0.3, -0.25) is 0 Å². The molecule has 0 spiro atoms. The van der Waals surface area contributed by atoms with Crippen LogP contribution in [0.4, 0.5) is 4.79 Å². The molecule has 2 atom stereocenters. The van der Waals surface area contributed by atoms with Crippen LogP contribution in [-0.4, -0.2) is 24.0 Å². The lowest BCUT2D eigenvalue weighted by atomic mass is 9.92. The van der Waals surface area contributed by atoms with Gasteiger partial charge >= 0.3 is 6.03 Å². The van der Waals surface area contributed by atoms with E-state index in [1.165, 1.54) is 16.2 Å². The van der Waals surface area contributed by atoms with E-state index in [-0.39, 0.29) is 6.03 Å². The molecule has 0 radical (unpaired) electrons. The minimum atomic E-state index is 0.0878. The Balaban J connectivity index is 1.83. The summed E-state index contributed by atoms with van der Waals surface area (Å²) < 4.78 is 0. The SMILES string of the molecule is CCc1ccc(CNC(=O)N2CC(C)CC(C)C2)s1. The lowest BCUT2D eigenvalue weighted by molar-refractivity contribution is 0.146. The van der Waals surface area contributed by atoms with Gasteiger partial charge in [0.05, 0.1) is 6.54 Å². The normalized spacial score (nSPS) is 23.4. The molecular formula is C15H24N2OS. The van der Waals surface area contributed by atoms with E-state index in [1.807, 2.05) is 4.90 Å². The molecule has 2 unspecified atom stereocenters. The first-order valence-electron chi connectivity index (χ1n) is 7.18. The van der Waals surface area contributed by atoms with E-state index in [0.717, 1.165) is 19.5 Å². The van der Waals surface area contributed by atoms with E-state index >= 15 is 0 Å². The van der Waals surface area contributed by atoms with Crippen LogP contribution in [0.1, 0.15) is 36.9 Å². The van der Waals surface area contributed by atoms with Gasteiger partial charge in [-0.15, -0.1) is 11.3 Å². The molecule has 0 saturated carbocycles. The second-order valence-electron chi connectivity index (χ2n) is 5.73. The maximum Gasteiger partial charge on any atom is 0.317 e. The number of urea groups is 1. The molecule has 1 saturated heterocycles. The second-order valence-corrected chi connectivity index (χ2v) is 6.98. The fourth-order valence-electron chi connectivity index (χ4n) is 2.81. The summed E-state index contributed by atoms with van der Waals surface area (Å²) in [5, 5.41) is 3.04. The molecule has 4 heteroatoms. The Kier molecular flexibility index (Phi) is 4.86. The van der Waals surface area contributed by atoms with Crippen molar-refractivity contribution in [2.24, 2.45) is 11.8 Å². The summed E-state index contributed by atoms with van der Waals surface area (Å²) in [6.45, 7) is 9.04. The Morgan fingerprint density at radius 2 is 1.95 bits per heavy atom. The van der Waals surface area contributed by atoms with E-state index in [9.17, 15) is 4.79 Å². The van der Waals surface area contributed by atoms with Crippen LogP contribution in [0.2, 0.25) is 0 Å². The molecule has 2 rings (SSSR count). The van der Waals surface area contributed by atoms with Crippen molar-refractivity contribution in [3.05, 3.63) is 21.9 Å². The highest BCUT2D eigenvalue weighted by molar-refractivity contribution is 7.11. The third-order valence-electron chi connectivity index (χ3n) is 3.64. The molecule has 1 fully saturated rings.